The van der Waals surface area contributed by atoms with E-state index in [1.807, 2.05) is 48.5 Å². The molecule has 0 aliphatic carbocycles. The lowest BCUT2D eigenvalue weighted by molar-refractivity contribution is -0.136. The summed E-state index contributed by atoms with van der Waals surface area (Å²) in [5.41, 5.74) is 2.51. The van der Waals surface area contributed by atoms with E-state index in [0.717, 1.165) is 21.9 Å². The summed E-state index contributed by atoms with van der Waals surface area (Å²) in [6.45, 7) is 0.444. The van der Waals surface area contributed by atoms with E-state index < -0.39 is 5.97 Å². The molecule has 24 heavy (non-hydrogen) atoms. The Bertz CT molecular complexity index is 845. The molecule has 0 spiro atoms. The van der Waals surface area contributed by atoms with Crippen LogP contribution in [0.2, 0.25) is 5.02 Å². The van der Waals surface area contributed by atoms with Crippen LogP contribution in [0.5, 0.6) is 5.75 Å². The number of thiazole rings is 1. The molecule has 1 N–H and O–H groups in total. The van der Waals surface area contributed by atoms with E-state index >= 15 is 0 Å². The lowest BCUT2D eigenvalue weighted by Gasteiger charge is -2.07. The molecule has 0 aliphatic heterocycles. The fourth-order valence-corrected chi connectivity index (χ4v) is 3.20. The van der Waals surface area contributed by atoms with Crippen LogP contribution in [0.3, 0.4) is 0 Å². The molecule has 0 aliphatic rings. The fraction of sp³-hybridized carbons (Fsp3) is 0.111. The largest absolute Gasteiger partial charge is 0.489 e. The Morgan fingerprint density at radius 2 is 2.00 bits per heavy atom. The van der Waals surface area contributed by atoms with Crippen molar-refractivity contribution in [3.8, 4) is 16.3 Å². The zero-order valence-electron chi connectivity index (χ0n) is 12.6. The summed E-state index contributed by atoms with van der Waals surface area (Å²) in [6.07, 6.45) is -0.0582. The number of halogens is 1. The predicted octanol–water partition coefficient (Wildman–Crippen LogP) is 4.67. The van der Waals surface area contributed by atoms with Crippen molar-refractivity contribution in [1.82, 2.24) is 4.98 Å². The standard InChI is InChI=1S/C18H14ClNO3S/c19-14-3-1-2-12(8-14)10-23-16-6-4-13(5-7-16)18-20-15(11-24-18)9-17(21)22/h1-8,11H,9-10H2,(H,21,22). The van der Waals surface area contributed by atoms with Gasteiger partial charge in [0.05, 0.1) is 12.1 Å². The Morgan fingerprint density at radius 1 is 1.21 bits per heavy atom. The molecule has 1 heterocycles. The first-order valence-electron chi connectivity index (χ1n) is 7.24. The Morgan fingerprint density at radius 3 is 2.71 bits per heavy atom. The van der Waals surface area contributed by atoms with Gasteiger partial charge in [-0.1, -0.05) is 23.7 Å². The van der Waals surface area contributed by atoms with Gasteiger partial charge in [0.25, 0.3) is 0 Å². The minimum atomic E-state index is -0.878. The number of nitrogens with zero attached hydrogens (tertiary/aromatic N) is 1. The molecule has 1 aromatic heterocycles. The van der Waals surface area contributed by atoms with Crippen LogP contribution in [-0.2, 0) is 17.8 Å². The third-order valence-electron chi connectivity index (χ3n) is 3.28. The van der Waals surface area contributed by atoms with Crippen molar-refractivity contribution < 1.29 is 14.6 Å². The van der Waals surface area contributed by atoms with Gasteiger partial charge in [-0.3, -0.25) is 4.79 Å². The molecule has 0 amide bonds. The number of aromatic nitrogens is 1. The molecule has 0 fully saturated rings. The van der Waals surface area contributed by atoms with Gasteiger partial charge in [0.2, 0.25) is 0 Å². The average molecular weight is 360 g/mol. The van der Waals surface area contributed by atoms with Crippen LogP contribution in [0.15, 0.2) is 53.9 Å². The first-order valence-corrected chi connectivity index (χ1v) is 8.50. The highest BCUT2D eigenvalue weighted by molar-refractivity contribution is 7.13. The average Bonchev–Trinajstić information content (AvgIpc) is 3.01. The van der Waals surface area contributed by atoms with Gasteiger partial charge in [-0.05, 0) is 42.0 Å². The van der Waals surface area contributed by atoms with Crippen molar-refractivity contribution in [3.05, 3.63) is 70.2 Å². The van der Waals surface area contributed by atoms with E-state index in [9.17, 15) is 4.79 Å². The van der Waals surface area contributed by atoms with Crippen LogP contribution in [-0.4, -0.2) is 16.1 Å². The zero-order chi connectivity index (χ0) is 16.9. The molecule has 3 aromatic rings. The van der Waals surface area contributed by atoms with Crippen molar-refractivity contribution in [2.75, 3.05) is 0 Å². The van der Waals surface area contributed by atoms with Crippen LogP contribution in [0.25, 0.3) is 10.6 Å². The molecule has 2 aromatic carbocycles. The van der Waals surface area contributed by atoms with Gasteiger partial charge in [-0.15, -0.1) is 11.3 Å². The van der Waals surface area contributed by atoms with Crippen molar-refractivity contribution in [3.63, 3.8) is 0 Å². The predicted molar refractivity (Wildman–Crippen MR) is 94.7 cm³/mol. The molecule has 0 unspecified atom stereocenters. The van der Waals surface area contributed by atoms with Gasteiger partial charge in [0.1, 0.15) is 17.4 Å². The molecule has 4 nitrogen and oxygen atoms in total. The van der Waals surface area contributed by atoms with Gasteiger partial charge >= 0.3 is 5.97 Å². The summed E-state index contributed by atoms with van der Waals surface area (Å²) in [5, 5.41) is 12.1. The number of carboxylic acids is 1. The Labute approximate surface area is 148 Å². The van der Waals surface area contributed by atoms with Crippen LogP contribution in [0.4, 0.5) is 0 Å². The van der Waals surface area contributed by atoms with E-state index in [1.54, 1.807) is 5.38 Å². The number of carboxylic acid groups (broad SMARTS) is 1. The normalized spacial score (nSPS) is 10.5. The molecule has 0 saturated heterocycles. The van der Waals surface area contributed by atoms with E-state index in [0.29, 0.717) is 17.3 Å². The summed E-state index contributed by atoms with van der Waals surface area (Å²) in [7, 11) is 0. The van der Waals surface area contributed by atoms with Crippen molar-refractivity contribution in [2.24, 2.45) is 0 Å². The maximum atomic E-state index is 10.7. The van der Waals surface area contributed by atoms with Crippen LogP contribution in [0.1, 0.15) is 11.3 Å². The number of benzene rings is 2. The number of carbonyl (C=O) groups is 1. The summed E-state index contributed by atoms with van der Waals surface area (Å²) in [5.74, 6) is -0.127. The second-order valence-electron chi connectivity index (χ2n) is 5.16. The lowest BCUT2D eigenvalue weighted by Crippen LogP contribution is -1.99. The molecular formula is C18H14ClNO3S. The van der Waals surface area contributed by atoms with Gasteiger partial charge in [0, 0.05) is 16.0 Å². The van der Waals surface area contributed by atoms with Gasteiger partial charge in [-0.2, -0.15) is 0 Å². The number of hydrogen-bond donors (Lipinski definition) is 1. The van der Waals surface area contributed by atoms with E-state index in [-0.39, 0.29) is 6.42 Å². The van der Waals surface area contributed by atoms with E-state index in [2.05, 4.69) is 4.98 Å². The minimum absolute atomic E-state index is 0.0582. The van der Waals surface area contributed by atoms with Gasteiger partial charge < -0.3 is 9.84 Å². The highest BCUT2D eigenvalue weighted by Crippen LogP contribution is 2.26. The maximum Gasteiger partial charge on any atom is 0.309 e. The Balaban J connectivity index is 1.64. The highest BCUT2D eigenvalue weighted by atomic mass is 35.5. The Hall–Kier alpha value is -2.37. The smallest absolute Gasteiger partial charge is 0.309 e. The van der Waals surface area contributed by atoms with E-state index in [1.165, 1.54) is 11.3 Å². The summed E-state index contributed by atoms with van der Waals surface area (Å²) in [6, 6.07) is 15.1. The first-order chi connectivity index (χ1) is 11.6. The first kappa shape index (κ1) is 16.5. The third kappa shape index (κ3) is 4.34. The second-order valence-corrected chi connectivity index (χ2v) is 6.45. The number of aliphatic carboxylic acids is 1. The molecule has 0 saturated carbocycles. The number of hydrogen-bond acceptors (Lipinski definition) is 4. The molecule has 6 heteroatoms. The van der Waals surface area contributed by atoms with E-state index in [4.69, 9.17) is 21.4 Å². The monoisotopic (exact) mass is 359 g/mol. The van der Waals surface area contributed by atoms with Crippen LogP contribution in [0, 0.1) is 0 Å². The SMILES string of the molecule is O=C(O)Cc1csc(-c2ccc(OCc3cccc(Cl)c3)cc2)n1. The summed E-state index contributed by atoms with van der Waals surface area (Å²) in [4.78, 5) is 15.0. The zero-order valence-corrected chi connectivity index (χ0v) is 14.2. The second kappa shape index (κ2) is 7.47. The topological polar surface area (TPSA) is 59.4 Å². The minimum Gasteiger partial charge on any atom is -0.489 e. The molecule has 122 valence electrons. The summed E-state index contributed by atoms with van der Waals surface area (Å²) < 4.78 is 5.74. The van der Waals surface area contributed by atoms with Crippen LogP contribution < -0.4 is 4.74 Å². The maximum absolute atomic E-state index is 10.7. The highest BCUT2D eigenvalue weighted by Gasteiger charge is 2.08. The van der Waals surface area contributed by atoms with Crippen molar-refractivity contribution >= 4 is 28.9 Å². The fourth-order valence-electron chi connectivity index (χ4n) is 2.16. The third-order valence-corrected chi connectivity index (χ3v) is 4.46. The molecule has 3 rings (SSSR count). The number of ether oxygens (including phenoxy) is 1. The lowest BCUT2D eigenvalue weighted by atomic mass is 10.2. The molecular weight excluding hydrogens is 346 g/mol. The molecule has 0 radical (unpaired) electrons. The molecule has 0 bridgehead atoms. The summed E-state index contributed by atoms with van der Waals surface area (Å²) >= 11 is 7.38. The van der Waals surface area contributed by atoms with Gasteiger partial charge in [-0.25, -0.2) is 4.98 Å². The number of rotatable bonds is 6. The quantitative estimate of drug-likeness (QED) is 0.694. The Kier molecular flexibility index (Phi) is 5.13. The van der Waals surface area contributed by atoms with Crippen molar-refractivity contribution in [2.45, 2.75) is 13.0 Å². The van der Waals surface area contributed by atoms with Crippen molar-refractivity contribution in [1.29, 1.82) is 0 Å². The van der Waals surface area contributed by atoms with Gasteiger partial charge in [0.15, 0.2) is 0 Å². The molecule has 0 atom stereocenters. The van der Waals surface area contributed by atoms with Crippen LogP contribution >= 0.6 is 22.9 Å².